The average Bonchev–Trinajstić information content (AvgIpc) is 3.12. The van der Waals surface area contributed by atoms with Crippen molar-refractivity contribution in [2.45, 2.75) is 5.60 Å². The van der Waals surface area contributed by atoms with Gasteiger partial charge in [-0.3, -0.25) is 9.48 Å². The molecule has 1 fully saturated rings. The number of carbonyl (C=O) groups excluding carboxylic acids is 1. The minimum absolute atomic E-state index is 0.374. The smallest absolute Gasteiger partial charge is 0.253 e. The number of amides is 1. The van der Waals surface area contributed by atoms with E-state index in [4.69, 9.17) is 10.5 Å². The Morgan fingerprint density at radius 1 is 1.29 bits per heavy atom. The van der Waals surface area contributed by atoms with Crippen molar-refractivity contribution in [2.24, 2.45) is 12.8 Å². The van der Waals surface area contributed by atoms with Crippen LogP contribution in [-0.2, 0) is 16.6 Å². The van der Waals surface area contributed by atoms with Gasteiger partial charge in [0.15, 0.2) is 11.4 Å². The second-order valence-corrected chi connectivity index (χ2v) is 5.96. The lowest BCUT2D eigenvalue weighted by atomic mass is 9.93. The molecular formula is C15H17N7O2. The highest BCUT2D eigenvalue weighted by Gasteiger charge is 2.49. The summed E-state index contributed by atoms with van der Waals surface area (Å²) in [5.41, 5.74) is 7.35. The SMILES string of the molecule is COC1(C(N)=O)CN(c2ncnn3cc(-c4cnn(C)c4)cc23)C1. The first-order valence-corrected chi connectivity index (χ1v) is 7.45. The molecule has 0 spiro atoms. The van der Waals surface area contributed by atoms with Crippen molar-refractivity contribution >= 4 is 17.2 Å². The fraction of sp³-hybridized carbons (Fsp3) is 0.333. The first kappa shape index (κ1) is 14.6. The molecular weight excluding hydrogens is 310 g/mol. The van der Waals surface area contributed by atoms with Crippen LogP contribution in [0.2, 0.25) is 0 Å². The van der Waals surface area contributed by atoms with E-state index < -0.39 is 11.5 Å². The maximum atomic E-state index is 11.6. The number of aryl methyl sites for hydroxylation is 1. The highest BCUT2D eigenvalue weighted by atomic mass is 16.5. The van der Waals surface area contributed by atoms with E-state index in [0.29, 0.717) is 13.1 Å². The number of fused-ring (bicyclic) bond motifs is 1. The number of carbonyl (C=O) groups is 1. The van der Waals surface area contributed by atoms with Crippen molar-refractivity contribution in [1.82, 2.24) is 24.4 Å². The van der Waals surface area contributed by atoms with Gasteiger partial charge in [-0.15, -0.1) is 0 Å². The Labute approximate surface area is 137 Å². The van der Waals surface area contributed by atoms with Gasteiger partial charge in [0, 0.05) is 37.7 Å². The quantitative estimate of drug-likeness (QED) is 0.713. The fourth-order valence-corrected chi connectivity index (χ4v) is 2.99. The molecule has 24 heavy (non-hydrogen) atoms. The number of ether oxygens (including phenoxy) is 1. The summed E-state index contributed by atoms with van der Waals surface area (Å²) in [5, 5.41) is 8.45. The molecule has 0 radical (unpaired) electrons. The number of anilines is 1. The minimum Gasteiger partial charge on any atom is -0.367 e. The largest absolute Gasteiger partial charge is 0.367 e. The maximum absolute atomic E-state index is 11.6. The summed E-state index contributed by atoms with van der Waals surface area (Å²) in [7, 11) is 3.37. The lowest BCUT2D eigenvalue weighted by Gasteiger charge is -2.47. The number of hydrogen-bond acceptors (Lipinski definition) is 6. The van der Waals surface area contributed by atoms with Gasteiger partial charge in [-0.1, -0.05) is 0 Å². The van der Waals surface area contributed by atoms with E-state index >= 15 is 0 Å². The Hall–Kier alpha value is -2.94. The first-order valence-electron chi connectivity index (χ1n) is 7.45. The number of aromatic nitrogens is 5. The van der Waals surface area contributed by atoms with Gasteiger partial charge in [-0.25, -0.2) is 9.50 Å². The Balaban J connectivity index is 1.70. The molecule has 3 aromatic heterocycles. The van der Waals surface area contributed by atoms with Gasteiger partial charge in [-0.2, -0.15) is 10.2 Å². The van der Waals surface area contributed by atoms with Crippen LogP contribution in [0.25, 0.3) is 16.6 Å². The predicted molar refractivity (Wildman–Crippen MR) is 86.3 cm³/mol. The summed E-state index contributed by atoms with van der Waals surface area (Å²) in [6, 6.07) is 2.00. The van der Waals surface area contributed by atoms with Crippen LogP contribution in [-0.4, -0.2) is 56.1 Å². The van der Waals surface area contributed by atoms with Gasteiger partial charge in [0.2, 0.25) is 0 Å². The molecule has 0 unspecified atom stereocenters. The minimum atomic E-state index is -0.944. The second kappa shape index (κ2) is 5.03. The molecule has 1 aliphatic rings. The van der Waals surface area contributed by atoms with Crippen molar-refractivity contribution in [3.05, 3.63) is 31.0 Å². The molecule has 0 bridgehead atoms. The first-order chi connectivity index (χ1) is 11.5. The van der Waals surface area contributed by atoms with Crippen molar-refractivity contribution in [3.63, 3.8) is 0 Å². The van der Waals surface area contributed by atoms with Crippen LogP contribution >= 0.6 is 0 Å². The van der Waals surface area contributed by atoms with Crippen LogP contribution in [0.5, 0.6) is 0 Å². The average molecular weight is 327 g/mol. The molecule has 0 saturated carbocycles. The molecule has 1 aliphatic heterocycles. The Bertz CT molecular complexity index is 923. The van der Waals surface area contributed by atoms with Gasteiger partial charge in [0.05, 0.1) is 19.3 Å². The monoisotopic (exact) mass is 327 g/mol. The third kappa shape index (κ3) is 2.05. The topological polar surface area (TPSA) is 104 Å². The van der Waals surface area contributed by atoms with Crippen LogP contribution < -0.4 is 10.6 Å². The number of rotatable bonds is 4. The lowest BCUT2D eigenvalue weighted by molar-refractivity contribution is -0.143. The molecule has 0 aromatic carbocycles. The van der Waals surface area contributed by atoms with Gasteiger partial charge in [0.1, 0.15) is 11.8 Å². The number of hydrogen-bond donors (Lipinski definition) is 1. The normalized spacial score (nSPS) is 16.3. The molecule has 1 saturated heterocycles. The molecule has 124 valence electrons. The molecule has 3 aromatic rings. The highest BCUT2D eigenvalue weighted by molar-refractivity contribution is 5.89. The number of nitrogens with zero attached hydrogens (tertiary/aromatic N) is 6. The van der Waals surface area contributed by atoms with Gasteiger partial charge < -0.3 is 15.4 Å². The van der Waals surface area contributed by atoms with Gasteiger partial charge >= 0.3 is 0 Å². The van der Waals surface area contributed by atoms with Gasteiger partial charge in [0.25, 0.3) is 5.91 Å². The molecule has 1 amide bonds. The summed E-state index contributed by atoms with van der Waals surface area (Å²) in [5.74, 6) is 0.284. The summed E-state index contributed by atoms with van der Waals surface area (Å²) in [6.45, 7) is 0.748. The predicted octanol–water partition coefficient (Wildman–Crippen LogP) is -0.180. The van der Waals surface area contributed by atoms with E-state index in [-0.39, 0.29) is 0 Å². The summed E-state index contributed by atoms with van der Waals surface area (Å²) in [4.78, 5) is 17.9. The van der Waals surface area contributed by atoms with E-state index in [1.54, 1.807) is 15.4 Å². The van der Waals surface area contributed by atoms with Crippen LogP contribution in [0, 0.1) is 0 Å². The van der Waals surface area contributed by atoms with E-state index in [0.717, 1.165) is 22.5 Å². The molecule has 2 N–H and O–H groups in total. The fourth-order valence-electron chi connectivity index (χ4n) is 2.99. The van der Waals surface area contributed by atoms with Crippen molar-refractivity contribution < 1.29 is 9.53 Å². The summed E-state index contributed by atoms with van der Waals surface area (Å²) >= 11 is 0. The number of nitrogens with two attached hydrogens (primary N) is 1. The van der Waals surface area contributed by atoms with E-state index in [1.165, 1.54) is 13.4 Å². The standard InChI is InChI=1S/C15H17N7O2/c1-20-5-11(4-18-20)10-3-12-13(17-9-19-22(12)6-10)21-7-15(8-21,24-2)14(16)23/h3-6,9H,7-8H2,1-2H3,(H2,16,23). The summed E-state index contributed by atoms with van der Waals surface area (Å²) < 4.78 is 8.81. The lowest BCUT2D eigenvalue weighted by Crippen LogP contribution is -2.69. The molecule has 9 nitrogen and oxygen atoms in total. The molecule has 4 rings (SSSR count). The van der Waals surface area contributed by atoms with Gasteiger partial charge in [-0.05, 0) is 6.07 Å². The third-order valence-electron chi connectivity index (χ3n) is 4.46. The number of primary amides is 1. The zero-order chi connectivity index (χ0) is 16.9. The van der Waals surface area contributed by atoms with Crippen molar-refractivity contribution in [1.29, 1.82) is 0 Å². The summed E-state index contributed by atoms with van der Waals surface area (Å²) in [6.07, 6.45) is 7.16. The molecule has 4 heterocycles. The zero-order valence-electron chi connectivity index (χ0n) is 13.4. The van der Waals surface area contributed by atoms with Crippen LogP contribution in [0.1, 0.15) is 0 Å². The van der Waals surface area contributed by atoms with E-state index in [2.05, 4.69) is 15.2 Å². The Morgan fingerprint density at radius 2 is 2.08 bits per heavy atom. The van der Waals surface area contributed by atoms with Crippen molar-refractivity contribution in [3.8, 4) is 11.1 Å². The molecule has 0 aliphatic carbocycles. The number of methoxy groups -OCH3 is 1. The Morgan fingerprint density at radius 3 is 2.71 bits per heavy atom. The van der Waals surface area contributed by atoms with Crippen LogP contribution in [0.4, 0.5) is 5.82 Å². The van der Waals surface area contributed by atoms with Crippen LogP contribution in [0.3, 0.4) is 0 Å². The second-order valence-electron chi connectivity index (χ2n) is 5.96. The molecule has 0 atom stereocenters. The zero-order valence-corrected chi connectivity index (χ0v) is 13.4. The third-order valence-corrected chi connectivity index (χ3v) is 4.46. The highest BCUT2D eigenvalue weighted by Crippen LogP contribution is 2.33. The van der Waals surface area contributed by atoms with Crippen LogP contribution in [0.15, 0.2) is 31.0 Å². The maximum Gasteiger partial charge on any atom is 0.253 e. The Kier molecular flexibility index (Phi) is 3.07. The van der Waals surface area contributed by atoms with Crippen molar-refractivity contribution in [2.75, 3.05) is 25.1 Å². The van der Waals surface area contributed by atoms with E-state index in [1.807, 2.05) is 30.4 Å². The van der Waals surface area contributed by atoms with E-state index in [9.17, 15) is 4.79 Å². The molecule has 9 heteroatoms.